The molecule has 3 fully saturated rings. The Hall–Kier alpha value is -0.830. The second kappa shape index (κ2) is 7.15. The summed E-state index contributed by atoms with van der Waals surface area (Å²) < 4.78 is 0. The predicted molar refractivity (Wildman–Crippen MR) is 112 cm³/mol. The summed E-state index contributed by atoms with van der Waals surface area (Å²) >= 11 is 0. The van der Waals surface area contributed by atoms with Gasteiger partial charge in [0.15, 0.2) is 0 Å². The summed E-state index contributed by atoms with van der Waals surface area (Å²) in [6.07, 6.45) is 11.9. The maximum absolute atomic E-state index is 11.1. The van der Waals surface area contributed by atoms with E-state index >= 15 is 0 Å². The van der Waals surface area contributed by atoms with Crippen molar-refractivity contribution in [3.8, 4) is 0 Å². The third-order valence-corrected chi connectivity index (χ3v) is 10.1. The number of carbonyl (C=O) groups is 1. The number of aliphatic hydroxyl groups excluding tert-OH is 1. The molecule has 9 atom stereocenters. The van der Waals surface area contributed by atoms with Crippen molar-refractivity contribution in [2.24, 2.45) is 46.3 Å². The molecule has 2 N–H and O–H groups in total. The highest BCUT2D eigenvalue weighted by Crippen LogP contribution is 2.68. The van der Waals surface area contributed by atoms with Crippen LogP contribution in [0.2, 0.25) is 0 Å². The lowest BCUT2D eigenvalue weighted by molar-refractivity contribution is -0.137. The van der Waals surface area contributed by atoms with Crippen LogP contribution in [0.1, 0.15) is 85.5 Å². The fourth-order valence-corrected chi connectivity index (χ4v) is 8.53. The minimum atomic E-state index is -0.653. The quantitative estimate of drug-likeness (QED) is 0.610. The molecule has 0 saturated heterocycles. The van der Waals surface area contributed by atoms with Crippen molar-refractivity contribution in [2.45, 2.75) is 91.6 Å². The monoisotopic (exact) mass is 388 g/mol. The molecule has 0 aromatic heterocycles. The number of aliphatic carboxylic acids is 1. The predicted octanol–water partition coefficient (Wildman–Crippen LogP) is 5.67. The Labute approximate surface area is 171 Å². The Balaban J connectivity index is 1.59. The highest BCUT2D eigenvalue weighted by Gasteiger charge is 2.60. The molecule has 4 rings (SSSR count). The molecular formula is C25H40O3. The van der Waals surface area contributed by atoms with Crippen LogP contribution in [-0.2, 0) is 4.79 Å². The van der Waals surface area contributed by atoms with Crippen molar-refractivity contribution < 1.29 is 15.0 Å². The third kappa shape index (κ3) is 3.07. The van der Waals surface area contributed by atoms with Crippen molar-refractivity contribution in [3.63, 3.8) is 0 Å². The smallest absolute Gasteiger partial charge is 0.303 e. The molecule has 0 unspecified atom stereocenters. The van der Waals surface area contributed by atoms with Crippen LogP contribution in [0.5, 0.6) is 0 Å². The lowest BCUT2D eigenvalue weighted by atomic mass is 9.45. The van der Waals surface area contributed by atoms with Crippen LogP contribution in [0.15, 0.2) is 11.6 Å². The van der Waals surface area contributed by atoms with Gasteiger partial charge in [0.1, 0.15) is 0 Å². The van der Waals surface area contributed by atoms with Gasteiger partial charge in [-0.3, -0.25) is 4.79 Å². The molecule has 4 aliphatic carbocycles. The summed E-state index contributed by atoms with van der Waals surface area (Å²) in [6.45, 7) is 9.73. The molecule has 0 radical (unpaired) electrons. The Morgan fingerprint density at radius 2 is 1.82 bits per heavy atom. The number of allylic oxidation sites excluding steroid dienone is 2. The van der Waals surface area contributed by atoms with Gasteiger partial charge in [0.25, 0.3) is 0 Å². The number of hydrogen-bond donors (Lipinski definition) is 2. The molecule has 4 aliphatic rings. The zero-order valence-corrected chi connectivity index (χ0v) is 18.3. The van der Waals surface area contributed by atoms with Gasteiger partial charge in [0.05, 0.1) is 6.10 Å². The van der Waals surface area contributed by atoms with Gasteiger partial charge >= 0.3 is 5.97 Å². The van der Waals surface area contributed by atoms with Gasteiger partial charge in [-0.1, -0.05) is 32.4 Å². The van der Waals surface area contributed by atoms with Crippen molar-refractivity contribution in [1.29, 1.82) is 0 Å². The van der Waals surface area contributed by atoms with Gasteiger partial charge in [-0.2, -0.15) is 0 Å². The first-order valence-electron chi connectivity index (χ1n) is 11.7. The van der Waals surface area contributed by atoms with Gasteiger partial charge in [-0.25, -0.2) is 0 Å². The van der Waals surface area contributed by atoms with Crippen molar-refractivity contribution in [2.75, 3.05) is 0 Å². The van der Waals surface area contributed by atoms with Gasteiger partial charge in [0, 0.05) is 6.42 Å². The van der Waals surface area contributed by atoms with E-state index in [2.05, 4.69) is 33.8 Å². The standard InChI is InChI=1S/C25H40O3/c1-15(5-8-22(27)28)19-6-7-20-23-16(2)13-17-14-18(26)9-11-24(17,3)21(23)10-12-25(19,20)4/h13,15,17-21,23,26H,5-12,14H2,1-4H3,(H,27,28)/t15-,17-,18-,19-,20+,21+,23+,24+,25-/m1/s1. The van der Waals surface area contributed by atoms with E-state index in [4.69, 9.17) is 5.11 Å². The van der Waals surface area contributed by atoms with Crippen LogP contribution < -0.4 is 0 Å². The number of fused-ring (bicyclic) bond motifs is 5. The van der Waals surface area contributed by atoms with E-state index in [0.29, 0.717) is 40.9 Å². The van der Waals surface area contributed by atoms with Crippen LogP contribution in [-0.4, -0.2) is 22.3 Å². The number of carboxylic acid groups (broad SMARTS) is 1. The normalized spacial score (nSPS) is 48.8. The topological polar surface area (TPSA) is 57.5 Å². The van der Waals surface area contributed by atoms with E-state index in [1.165, 1.54) is 32.1 Å². The average molecular weight is 389 g/mol. The first kappa shape index (κ1) is 20.4. The zero-order valence-electron chi connectivity index (χ0n) is 18.3. The fraction of sp³-hybridized carbons (Fsp3) is 0.880. The van der Waals surface area contributed by atoms with Crippen molar-refractivity contribution in [1.82, 2.24) is 0 Å². The second-order valence-corrected chi connectivity index (χ2v) is 11.3. The Morgan fingerprint density at radius 3 is 2.54 bits per heavy atom. The lowest BCUT2D eigenvalue weighted by Gasteiger charge is -2.60. The fourth-order valence-electron chi connectivity index (χ4n) is 8.53. The van der Waals surface area contributed by atoms with Crippen LogP contribution in [0.25, 0.3) is 0 Å². The number of carboxylic acids is 1. The molecule has 0 amide bonds. The second-order valence-electron chi connectivity index (χ2n) is 11.3. The minimum Gasteiger partial charge on any atom is -0.481 e. The Kier molecular flexibility index (Phi) is 5.22. The first-order valence-corrected chi connectivity index (χ1v) is 11.7. The first-order chi connectivity index (χ1) is 13.2. The Morgan fingerprint density at radius 1 is 1.14 bits per heavy atom. The maximum Gasteiger partial charge on any atom is 0.303 e. The molecule has 3 saturated carbocycles. The number of rotatable bonds is 4. The highest BCUT2D eigenvalue weighted by atomic mass is 16.4. The summed E-state index contributed by atoms with van der Waals surface area (Å²) in [6, 6.07) is 0. The van der Waals surface area contributed by atoms with Gasteiger partial charge < -0.3 is 10.2 Å². The van der Waals surface area contributed by atoms with Crippen molar-refractivity contribution in [3.05, 3.63) is 11.6 Å². The molecule has 158 valence electrons. The van der Waals surface area contributed by atoms with Crippen LogP contribution in [0.4, 0.5) is 0 Å². The van der Waals surface area contributed by atoms with Crippen LogP contribution in [0, 0.1) is 46.3 Å². The van der Waals surface area contributed by atoms with Crippen molar-refractivity contribution >= 4 is 5.97 Å². The van der Waals surface area contributed by atoms with Crippen LogP contribution >= 0.6 is 0 Å². The summed E-state index contributed by atoms with van der Waals surface area (Å²) in [5.41, 5.74) is 2.32. The van der Waals surface area contributed by atoms with E-state index in [9.17, 15) is 9.90 Å². The van der Waals surface area contributed by atoms with Gasteiger partial charge in [0.2, 0.25) is 0 Å². The van der Waals surface area contributed by atoms with E-state index < -0.39 is 5.97 Å². The largest absolute Gasteiger partial charge is 0.481 e. The van der Waals surface area contributed by atoms with E-state index in [1.807, 2.05) is 0 Å². The highest BCUT2D eigenvalue weighted by molar-refractivity contribution is 5.66. The SMILES string of the molecule is CC1=C[C@@H]2C[C@H](O)CC[C@]2(C)[C@H]2CC[C@]3(C)[C@@H]([C@H](C)CCC(=O)O)CC[C@H]3[C@H]12. The van der Waals surface area contributed by atoms with E-state index in [0.717, 1.165) is 31.1 Å². The van der Waals surface area contributed by atoms with Gasteiger partial charge in [-0.05, 0) is 105 Å². The minimum absolute atomic E-state index is 0.113. The van der Waals surface area contributed by atoms with Gasteiger partial charge in [-0.15, -0.1) is 0 Å². The summed E-state index contributed by atoms with van der Waals surface area (Å²) in [4.78, 5) is 11.1. The molecule has 0 heterocycles. The molecular weight excluding hydrogens is 348 g/mol. The number of hydrogen-bond acceptors (Lipinski definition) is 2. The summed E-state index contributed by atoms with van der Waals surface area (Å²) in [5, 5.41) is 19.4. The molecule has 0 aromatic carbocycles. The lowest BCUT2D eigenvalue weighted by Crippen LogP contribution is -2.53. The van der Waals surface area contributed by atoms with E-state index in [1.54, 1.807) is 5.57 Å². The average Bonchev–Trinajstić information content (AvgIpc) is 2.98. The van der Waals surface area contributed by atoms with E-state index in [-0.39, 0.29) is 6.10 Å². The maximum atomic E-state index is 11.1. The summed E-state index contributed by atoms with van der Waals surface area (Å²) in [7, 11) is 0. The molecule has 0 spiro atoms. The summed E-state index contributed by atoms with van der Waals surface area (Å²) in [5.74, 6) is 3.29. The molecule has 28 heavy (non-hydrogen) atoms. The number of aliphatic hydroxyl groups is 1. The Bertz CT molecular complexity index is 654. The molecule has 0 bridgehead atoms. The molecule has 3 heteroatoms. The zero-order chi connectivity index (χ0) is 20.3. The molecule has 3 nitrogen and oxygen atoms in total. The third-order valence-electron chi connectivity index (χ3n) is 10.1. The molecule has 0 aromatic rings. The van der Waals surface area contributed by atoms with Crippen LogP contribution in [0.3, 0.4) is 0 Å². The molecule has 0 aliphatic heterocycles.